The van der Waals surface area contributed by atoms with Crippen molar-refractivity contribution in [3.05, 3.63) is 45.9 Å². The zero-order valence-corrected chi connectivity index (χ0v) is 46.3. The number of likely N-dealkylation sites (N-methyl/N-ethyl adjacent to an activating group) is 1. The predicted octanol–water partition coefficient (Wildman–Crippen LogP) is 8.44. The van der Waals surface area contributed by atoms with Crippen LogP contribution in [-0.2, 0) is 44.7 Å². The molecule has 3 rings (SSSR count). The molecule has 15 nitrogen and oxygen atoms in total. The number of esters is 2. The van der Waals surface area contributed by atoms with E-state index in [4.69, 9.17) is 15.8 Å². The van der Waals surface area contributed by atoms with Gasteiger partial charge in [0.05, 0.1) is 6.04 Å². The SMILES string of the molecule is [2H]C(P)C(=O)NCCSSCCCC(=O)[C@@H](C)C[C@H](Cc1ccc(O)cc1)NC(=O)c1csc([C@@H](C[C@H](C(C)C)N(COC(=O)CC(C)C)C(=O)[C@@H](CC(=O)[C@H]2CCCCN2C)[C@@H](C)CC)OC(C)=O)n1. The van der Waals surface area contributed by atoms with Crippen LogP contribution in [0.3, 0.4) is 0 Å². The van der Waals surface area contributed by atoms with E-state index < -0.39 is 48.1 Å². The predicted molar refractivity (Wildman–Crippen MR) is 284 cm³/mol. The number of amides is 3. The number of aromatic hydroxyl groups is 1. The number of likely N-dealkylation sites (tertiary alicyclic amines) is 1. The Morgan fingerprint density at radius 3 is 2.34 bits per heavy atom. The number of nitrogens with zero attached hydrogens (tertiary/aromatic N) is 3. The third-order valence-corrected chi connectivity index (χ3v) is 16.4. The van der Waals surface area contributed by atoms with Crippen molar-refractivity contribution in [2.45, 2.75) is 150 Å². The molecule has 70 heavy (non-hydrogen) atoms. The van der Waals surface area contributed by atoms with Crippen molar-refractivity contribution >= 4 is 83.4 Å². The summed E-state index contributed by atoms with van der Waals surface area (Å²) in [5.41, 5.74) is 0.927. The number of nitrogens with one attached hydrogen (secondary N) is 2. The average molecular weight is 1050 g/mol. The lowest BCUT2D eigenvalue weighted by Gasteiger charge is -2.39. The summed E-state index contributed by atoms with van der Waals surface area (Å²) in [6.07, 6.45) is 3.44. The zero-order chi connectivity index (χ0) is 52.8. The molecular weight excluding hydrogens is 970 g/mol. The lowest BCUT2D eigenvalue weighted by atomic mass is 9.82. The van der Waals surface area contributed by atoms with Crippen molar-refractivity contribution in [1.82, 2.24) is 25.4 Å². The number of carbonyl (C=O) groups excluding carboxylic acids is 7. The highest BCUT2D eigenvalue weighted by Gasteiger charge is 2.40. The van der Waals surface area contributed by atoms with E-state index in [0.717, 1.165) is 48.5 Å². The van der Waals surface area contributed by atoms with E-state index in [-0.39, 0.29) is 90.5 Å². The summed E-state index contributed by atoms with van der Waals surface area (Å²) in [5.74, 6) is -2.07. The Morgan fingerprint density at radius 1 is 1.01 bits per heavy atom. The molecule has 1 saturated heterocycles. The third kappa shape index (κ3) is 21.3. The van der Waals surface area contributed by atoms with Gasteiger partial charge in [-0.05, 0) is 81.1 Å². The van der Waals surface area contributed by atoms with Crippen LogP contribution in [0, 0.1) is 29.6 Å². The number of Topliss-reactive ketones (excluding diaryl/α,β-unsaturated/α-hetero) is 2. The van der Waals surface area contributed by atoms with Gasteiger partial charge in [0.25, 0.3) is 5.91 Å². The summed E-state index contributed by atoms with van der Waals surface area (Å²) in [7, 11) is 7.30. The van der Waals surface area contributed by atoms with E-state index >= 15 is 4.79 Å². The topological polar surface area (TPSA) is 202 Å². The molecule has 3 amide bonds. The third-order valence-electron chi connectivity index (χ3n) is 12.7. The highest BCUT2D eigenvalue weighted by Crippen LogP contribution is 2.34. The molecule has 392 valence electrons. The molecule has 0 radical (unpaired) electrons. The van der Waals surface area contributed by atoms with E-state index in [9.17, 15) is 33.9 Å². The summed E-state index contributed by atoms with van der Waals surface area (Å²) < 4.78 is 19.1. The Hall–Kier alpha value is -3.57. The Labute approximate surface area is 432 Å². The summed E-state index contributed by atoms with van der Waals surface area (Å²) in [6, 6.07) is 5.25. The van der Waals surface area contributed by atoms with Crippen molar-refractivity contribution in [3.8, 4) is 5.75 Å². The van der Waals surface area contributed by atoms with Crippen LogP contribution >= 0.6 is 42.2 Å². The summed E-state index contributed by atoms with van der Waals surface area (Å²) >= 11 is 1.14. The average Bonchev–Trinajstić information content (AvgIpc) is 3.81. The number of carbonyl (C=O) groups is 7. The minimum atomic E-state index is -0.993. The van der Waals surface area contributed by atoms with Crippen LogP contribution in [0.1, 0.15) is 148 Å². The van der Waals surface area contributed by atoms with Crippen LogP contribution in [0.5, 0.6) is 5.75 Å². The molecule has 1 aromatic carbocycles. The van der Waals surface area contributed by atoms with Crippen LogP contribution in [-0.4, -0.2) is 124 Å². The molecule has 1 aromatic heterocycles. The first-order chi connectivity index (χ1) is 33.6. The molecule has 1 aliphatic rings. The molecule has 1 fully saturated rings. The van der Waals surface area contributed by atoms with Crippen LogP contribution in [0.4, 0.5) is 0 Å². The lowest BCUT2D eigenvalue weighted by Crippen LogP contribution is -2.50. The molecule has 2 unspecified atom stereocenters. The van der Waals surface area contributed by atoms with Crippen molar-refractivity contribution in [3.63, 3.8) is 0 Å². The van der Waals surface area contributed by atoms with Crippen LogP contribution < -0.4 is 10.6 Å². The Kier molecular flexibility index (Phi) is 26.8. The van der Waals surface area contributed by atoms with Gasteiger partial charge in [0.2, 0.25) is 11.8 Å². The molecule has 1 aliphatic heterocycles. The van der Waals surface area contributed by atoms with Gasteiger partial charge in [-0.1, -0.05) is 95.0 Å². The number of phenolic OH excluding ortho intramolecular Hbond substituents is 1. The molecule has 3 N–H and O–H groups in total. The Balaban J connectivity index is 1.85. The standard InChI is InChI=1S/C51H80N5O10PS3/c1-10-34(6)40(27-45(60)42-14-11-12-21-55(42)9)51(64)56(31-65-48(62)24-32(2)3)43(33(4)5)28-46(66-36(8)57)50-54-41(30-68-50)49(63)53-38(26-37-16-18-39(58)19-17-37)25-35(7)44(59)15-13-22-69-70-23-20-52-47(61)29-67/h16-19,30,32-35,38,40,42-43,46,58H,10-15,20-29,31,67H2,1-9H3,(H,52,61)(H,53,63)/t34-,35-,38+,40-,42+,43+,46+/m0/s1/i29D/t29?,34-,35-,38+,40-,42+,43+,46+. The summed E-state index contributed by atoms with van der Waals surface area (Å²) in [5, 5.41) is 17.6. The number of hydrogen-bond acceptors (Lipinski definition) is 15. The number of hydrogen-bond donors (Lipinski definition) is 3. The minimum absolute atomic E-state index is 0.0132. The molecule has 9 atom stereocenters. The van der Waals surface area contributed by atoms with Crippen LogP contribution in [0.25, 0.3) is 0 Å². The van der Waals surface area contributed by atoms with Crippen molar-refractivity contribution < 1.29 is 49.5 Å². The molecule has 2 heterocycles. The van der Waals surface area contributed by atoms with Crippen molar-refractivity contribution in [2.75, 3.05) is 44.5 Å². The van der Waals surface area contributed by atoms with E-state index in [1.807, 2.05) is 55.5 Å². The Bertz CT molecular complexity index is 2030. The van der Waals surface area contributed by atoms with Gasteiger partial charge in [-0.25, -0.2) is 4.98 Å². The normalized spacial score (nSPS) is 17.3. The first-order valence-corrected chi connectivity index (χ1v) is 28.8. The minimum Gasteiger partial charge on any atom is -0.508 e. The van der Waals surface area contributed by atoms with E-state index in [1.54, 1.807) is 51.2 Å². The van der Waals surface area contributed by atoms with Crippen molar-refractivity contribution in [2.24, 2.45) is 29.6 Å². The molecule has 0 spiro atoms. The first kappa shape index (κ1) is 59.0. The highest BCUT2D eigenvalue weighted by molar-refractivity contribution is 8.76. The smallest absolute Gasteiger partial charge is 0.307 e. The summed E-state index contributed by atoms with van der Waals surface area (Å²) in [4.78, 5) is 102. The number of aromatic nitrogens is 1. The Morgan fingerprint density at radius 2 is 1.71 bits per heavy atom. The lowest BCUT2D eigenvalue weighted by molar-refractivity contribution is -0.162. The number of rotatable bonds is 32. The fourth-order valence-corrected chi connectivity index (χ4v) is 11.5. The van der Waals surface area contributed by atoms with Crippen molar-refractivity contribution in [1.29, 1.82) is 0 Å². The van der Waals surface area contributed by atoms with Gasteiger partial charge in [-0.2, -0.15) is 0 Å². The van der Waals surface area contributed by atoms with Gasteiger partial charge in [0.15, 0.2) is 18.6 Å². The van der Waals surface area contributed by atoms with E-state index in [2.05, 4.69) is 24.8 Å². The maximum Gasteiger partial charge on any atom is 0.307 e. The molecule has 2 aromatic rings. The largest absolute Gasteiger partial charge is 0.508 e. The second kappa shape index (κ2) is 31.8. The molecule has 19 heteroatoms. The number of piperidine rings is 1. The number of ketones is 2. The van der Waals surface area contributed by atoms with E-state index in [1.165, 1.54) is 11.8 Å². The molecule has 0 saturated carbocycles. The van der Waals surface area contributed by atoms with Gasteiger partial charge >= 0.3 is 11.9 Å². The fraction of sp³-hybridized carbons (Fsp3) is 0.686. The van der Waals surface area contributed by atoms with Crippen LogP contribution in [0.2, 0.25) is 0 Å². The number of ether oxygens (including phenoxy) is 2. The maximum absolute atomic E-state index is 15.0. The van der Waals surface area contributed by atoms with Gasteiger partial charge in [-0.3, -0.25) is 38.5 Å². The molecule has 0 aliphatic carbocycles. The van der Waals surface area contributed by atoms with Gasteiger partial charge < -0.3 is 30.1 Å². The highest BCUT2D eigenvalue weighted by atomic mass is 33.1. The monoisotopic (exact) mass is 1050 g/mol. The quantitative estimate of drug-likeness (QED) is 0.0207. The van der Waals surface area contributed by atoms with Crippen LogP contribution in [0.15, 0.2) is 29.6 Å². The molecular formula is C51H80N5O10PS3. The molecule has 0 bridgehead atoms. The summed E-state index contributed by atoms with van der Waals surface area (Å²) in [6.45, 7) is 15.7. The first-order valence-electron chi connectivity index (χ1n) is 25.3. The zero-order valence-electron chi connectivity index (χ0n) is 43.7. The number of thiazole rings is 1. The number of phenols is 1. The maximum atomic E-state index is 15.0. The number of benzene rings is 1. The van der Waals surface area contributed by atoms with Gasteiger partial charge in [-0.15, -0.1) is 20.6 Å². The second-order valence-electron chi connectivity index (χ2n) is 19.3. The van der Waals surface area contributed by atoms with Gasteiger partial charge in [0.1, 0.15) is 22.2 Å². The fourth-order valence-electron chi connectivity index (χ4n) is 8.51. The second-order valence-corrected chi connectivity index (χ2v) is 23.2. The van der Waals surface area contributed by atoms with E-state index in [0.29, 0.717) is 49.4 Å². The van der Waals surface area contributed by atoms with Gasteiger partial charge in [0, 0.05) is 87.5 Å².